The maximum absolute atomic E-state index is 4.15. The van der Waals surface area contributed by atoms with Gasteiger partial charge in [-0.25, -0.2) is 0 Å². The van der Waals surface area contributed by atoms with Crippen molar-refractivity contribution in [3.05, 3.63) is 76.5 Å². The van der Waals surface area contributed by atoms with Gasteiger partial charge in [0, 0.05) is 15.9 Å². The van der Waals surface area contributed by atoms with Crippen molar-refractivity contribution < 1.29 is 0 Å². The molecule has 3 rings (SSSR count). The van der Waals surface area contributed by atoms with Crippen LogP contribution in [0.25, 0.3) is 11.5 Å². The minimum absolute atomic E-state index is 0.699. The molecule has 142 valence electrons. The maximum atomic E-state index is 4.15. The highest BCUT2D eigenvalue weighted by Crippen LogP contribution is 2.38. The zero-order valence-electron chi connectivity index (χ0n) is 16.5. The van der Waals surface area contributed by atoms with Gasteiger partial charge >= 0.3 is 0 Å². The second kappa shape index (κ2) is 9.27. The number of aromatic nitrogens is 2. The molecule has 1 heterocycles. The molecule has 1 aliphatic rings. The van der Waals surface area contributed by atoms with Crippen LogP contribution in [0, 0.1) is 5.92 Å². The van der Waals surface area contributed by atoms with Crippen molar-refractivity contribution in [1.82, 2.24) is 10.2 Å². The topological polar surface area (TPSA) is 28.7 Å². The maximum Gasteiger partial charge on any atom is 0.0589 e. The Morgan fingerprint density at radius 2 is 2.07 bits per heavy atom. The van der Waals surface area contributed by atoms with Crippen molar-refractivity contribution >= 4 is 23.2 Å². The van der Waals surface area contributed by atoms with E-state index in [-0.39, 0.29) is 0 Å². The summed E-state index contributed by atoms with van der Waals surface area (Å²) in [6.07, 6.45) is 11.2. The zero-order valence-corrected chi connectivity index (χ0v) is 17.3. The van der Waals surface area contributed by atoms with Crippen LogP contribution in [0.2, 0.25) is 0 Å². The number of nitrogens with one attached hydrogen (secondary N) is 1. The van der Waals surface area contributed by atoms with Crippen LogP contribution in [0.4, 0.5) is 0 Å². The fraction of sp³-hybridized carbons (Fsp3) is 0.375. The number of allylic oxidation sites excluding steroid dienone is 2. The van der Waals surface area contributed by atoms with Crippen LogP contribution in [-0.4, -0.2) is 10.2 Å². The van der Waals surface area contributed by atoms with Gasteiger partial charge < -0.3 is 0 Å². The number of thioether (sulfide) groups is 1. The second-order valence-corrected chi connectivity index (χ2v) is 8.57. The van der Waals surface area contributed by atoms with E-state index in [0.29, 0.717) is 5.92 Å². The van der Waals surface area contributed by atoms with Gasteiger partial charge in [-0.3, -0.25) is 5.10 Å². The summed E-state index contributed by atoms with van der Waals surface area (Å²) >= 11 is 1.85. The molecule has 0 aliphatic heterocycles. The largest absolute Gasteiger partial charge is 0.278 e. The minimum atomic E-state index is 0.699. The van der Waals surface area contributed by atoms with E-state index in [0.717, 1.165) is 22.2 Å². The predicted octanol–water partition coefficient (Wildman–Crippen LogP) is 5.29. The number of H-pyrrole nitrogens is 1. The summed E-state index contributed by atoms with van der Waals surface area (Å²) in [6.45, 7) is 12.4. The highest BCUT2D eigenvalue weighted by atomic mass is 32.2. The molecule has 0 saturated heterocycles. The van der Waals surface area contributed by atoms with Crippen molar-refractivity contribution in [1.29, 1.82) is 0 Å². The number of hydrogen-bond donors (Lipinski definition) is 1. The number of hydrogen-bond acceptors (Lipinski definition) is 2. The lowest BCUT2D eigenvalue weighted by molar-refractivity contribution is 0.363. The molecule has 1 N–H and O–H groups in total. The highest BCUT2D eigenvalue weighted by molar-refractivity contribution is 8.07. The molecule has 0 bridgehead atoms. The van der Waals surface area contributed by atoms with Crippen molar-refractivity contribution in [3.63, 3.8) is 0 Å². The molecule has 0 atom stereocenters. The molecule has 1 aliphatic carbocycles. The molecular formula is C24H30N2S. The Balaban J connectivity index is 1.70. The van der Waals surface area contributed by atoms with E-state index in [1.54, 1.807) is 0 Å². The molecule has 2 nitrogen and oxygen atoms in total. The summed E-state index contributed by atoms with van der Waals surface area (Å²) < 4.78 is 0. The minimum Gasteiger partial charge on any atom is -0.278 e. The molecule has 27 heavy (non-hydrogen) atoms. The predicted molar refractivity (Wildman–Crippen MR) is 119 cm³/mol. The molecule has 1 aromatic heterocycles. The highest BCUT2D eigenvalue weighted by Gasteiger charge is 2.22. The monoisotopic (exact) mass is 378 g/mol. The quantitative estimate of drug-likeness (QED) is 0.692. The lowest BCUT2D eigenvalue weighted by Crippen LogP contribution is -2.21. The van der Waals surface area contributed by atoms with E-state index in [1.807, 2.05) is 24.9 Å². The Labute approximate surface area is 167 Å². The summed E-state index contributed by atoms with van der Waals surface area (Å²) in [5.41, 5.74) is 4.24. The third-order valence-corrected chi connectivity index (χ3v) is 6.69. The smallest absolute Gasteiger partial charge is 0.0589 e. The van der Waals surface area contributed by atoms with Crippen LogP contribution >= 0.6 is 11.8 Å². The van der Waals surface area contributed by atoms with Crippen molar-refractivity contribution in [2.75, 3.05) is 0 Å². The SMILES string of the molecule is C=C(C)C1CCC(c2cccc(CSC(/C=C\C)=c3\cn[nH]c3=C)c2)CC1. The Hall–Kier alpha value is -2.00. The molecule has 0 unspecified atom stereocenters. The number of nitrogens with zero attached hydrogens (tertiary/aromatic N) is 1. The lowest BCUT2D eigenvalue weighted by Gasteiger charge is -2.29. The van der Waals surface area contributed by atoms with E-state index in [1.165, 1.54) is 47.3 Å². The first-order valence-corrected chi connectivity index (χ1v) is 10.8. The van der Waals surface area contributed by atoms with Crippen LogP contribution in [0.5, 0.6) is 0 Å². The second-order valence-electron chi connectivity index (χ2n) is 7.56. The third kappa shape index (κ3) is 5.04. The van der Waals surface area contributed by atoms with Crippen LogP contribution in [0.3, 0.4) is 0 Å². The van der Waals surface area contributed by atoms with Crippen molar-refractivity contribution in [2.45, 2.75) is 51.2 Å². The fourth-order valence-corrected chi connectivity index (χ4v) is 4.98. The first-order chi connectivity index (χ1) is 13.1. The van der Waals surface area contributed by atoms with Gasteiger partial charge in [0.05, 0.1) is 11.5 Å². The standard InChI is InChI=1S/C24H30N2S/c1-5-7-24(23-15-25-26-18(23)4)27-16-19-8-6-9-22(14-19)21-12-10-20(11-13-21)17(2)3/h5-9,14-15,20-21,26H,2,4,10-13,16H2,1,3H3/b7-5-,24-23+. The lowest BCUT2D eigenvalue weighted by atomic mass is 9.76. The third-order valence-electron chi connectivity index (χ3n) is 5.54. The van der Waals surface area contributed by atoms with Gasteiger partial charge in [0.2, 0.25) is 0 Å². The molecule has 0 amide bonds. The summed E-state index contributed by atoms with van der Waals surface area (Å²) in [7, 11) is 0. The van der Waals surface area contributed by atoms with E-state index in [9.17, 15) is 0 Å². The van der Waals surface area contributed by atoms with Gasteiger partial charge in [-0.15, -0.1) is 11.8 Å². The molecule has 2 aromatic rings. The number of rotatable bonds is 6. The average Bonchev–Trinajstić information content (AvgIpc) is 3.11. The molecule has 3 heteroatoms. The average molecular weight is 379 g/mol. The summed E-state index contributed by atoms with van der Waals surface area (Å²) in [5.74, 6) is 2.38. The zero-order chi connectivity index (χ0) is 19.2. The van der Waals surface area contributed by atoms with E-state index >= 15 is 0 Å². The first-order valence-electron chi connectivity index (χ1n) is 9.81. The molecule has 1 aromatic carbocycles. The van der Waals surface area contributed by atoms with E-state index in [2.05, 4.69) is 66.7 Å². The van der Waals surface area contributed by atoms with Gasteiger partial charge in [-0.05, 0) is 62.5 Å². The summed E-state index contributed by atoms with van der Waals surface area (Å²) in [6, 6.07) is 9.17. The van der Waals surface area contributed by atoms with E-state index in [4.69, 9.17) is 0 Å². The van der Waals surface area contributed by atoms with Crippen LogP contribution in [0.1, 0.15) is 56.6 Å². The number of benzene rings is 1. The molecular weight excluding hydrogens is 348 g/mol. The van der Waals surface area contributed by atoms with Crippen LogP contribution in [-0.2, 0) is 5.75 Å². The van der Waals surface area contributed by atoms with Crippen molar-refractivity contribution in [2.24, 2.45) is 5.92 Å². The van der Waals surface area contributed by atoms with Gasteiger partial charge in [0.15, 0.2) is 0 Å². The Morgan fingerprint density at radius 1 is 1.30 bits per heavy atom. The van der Waals surface area contributed by atoms with Gasteiger partial charge in [-0.1, -0.05) is 55.1 Å². The van der Waals surface area contributed by atoms with Gasteiger partial charge in [-0.2, -0.15) is 5.10 Å². The normalized spacial score (nSPS) is 21.4. The summed E-state index contributed by atoms with van der Waals surface area (Å²) in [5, 5.41) is 9.01. The Morgan fingerprint density at radius 3 is 2.70 bits per heavy atom. The van der Waals surface area contributed by atoms with Gasteiger partial charge in [0.1, 0.15) is 0 Å². The summed E-state index contributed by atoms with van der Waals surface area (Å²) in [4.78, 5) is 1.21. The fourth-order valence-electron chi connectivity index (χ4n) is 3.91. The number of aromatic amines is 1. The Bertz CT molecular complexity index is 914. The molecule has 1 saturated carbocycles. The first kappa shape index (κ1) is 19.8. The van der Waals surface area contributed by atoms with Crippen LogP contribution in [0.15, 0.2) is 54.8 Å². The van der Waals surface area contributed by atoms with Crippen molar-refractivity contribution in [3.8, 4) is 0 Å². The van der Waals surface area contributed by atoms with Gasteiger partial charge in [0.25, 0.3) is 0 Å². The van der Waals surface area contributed by atoms with E-state index < -0.39 is 0 Å². The molecule has 0 spiro atoms. The molecule has 0 radical (unpaired) electrons. The Kier molecular flexibility index (Phi) is 6.78. The molecule has 1 fully saturated rings. The van der Waals surface area contributed by atoms with Crippen LogP contribution < -0.4 is 10.6 Å².